The molecular weight excluding hydrogens is 304 g/mol. The number of carbonyl (C=O) groups is 1. The molecule has 0 amide bonds. The van der Waals surface area contributed by atoms with Gasteiger partial charge >= 0.3 is 6.29 Å². The molecule has 110 valence electrons. The number of aromatic amines is 1. The molecule has 0 saturated heterocycles. The number of rotatable bonds is 4. The summed E-state index contributed by atoms with van der Waals surface area (Å²) in [5.41, 5.74) is 0.525. The Morgan fingerprint density at radius 2 is 2.10 bits per heavy atom. The van der Waals surface area contributed by atoms with E-state index in [2.05, 4.69) is 24.7 Å². The monoisotopic (exact) mass is 313 g/mol. The molecule has 0 atom stereocenters. The van der Waals surface area contributed by atoms with Gasteiger partial charge in [0.2, 0.25) is 0 Å². The first-order chi connectivity index (χ1) is 9.93. The van der Waals surface area contributed by atoms with Gasteiger partial charge in [0, 0.05) is 5.56 Å². The number of alkyl halides is 2. The standard InChI is InChI=1S/C12H9F2N3O3S/c1-6(18)5-21-11-15-10(16-17-11)7-2-3-8-9(4-7)20-12(13,14)19-8/h2-4H,5H2,1H3,(H,15,16,17). The molecule has 3 rings (SSSR count). The van der Waals surface area contributed by atoms with E-state index < -0.39 is 6.29 Å². The molecule has 9 heteroatoms. The maximum atomic E-state index is 12.9. The number of benzene rings is 1. The third-order valence-electron chi connectivity index (χ3n) is 2.55. The van der Waals surface area contributed by atoms with E-state index in [-0.39, 0.29) is 23.0 Å². The normalized spacial score (nSPS) is 15.2. The van der Waals surface area contributed by atoms with Crippen molar-refractivity contribution >= 4 is 17.5 Å². The highest BCUT2D eigenvalue weighted by molar-refractivity contribution is 7.99. The minimum atomic E-state index is -3.65. The van der Waals surface area contributed by atoms with Gasteiger partial charge in [-0.25, -0.2) is 0 Å². The van der Waals surface area contributed by atoms with Crippen molar-refractivity contribution in [3.63, 3.8) is 0 Å². The summed E-state index contributed by atoms with van der Waals surface area (Å²) in [4.78, 5) is 13.8. The SMILES string of the molecule is CC(=O)CSc1nnc(-c2ccc3c(c2)OC(F)(F)O3)[nH]1. The number of H-pyrrole nitrogens is 1. The first-order valence-corrected chi connectivity index (χ1v) is 6.87. The van der Waals surface area contributed by atoms with Crippen molar-refractivity contribution in [2.75, 3.05) is 5.75 Å². The Kier molecular flexibility index (Phi) is 3.28. The molecule has 0 bridgehead atoms. The molecule has 2 aromatic rings. The Bertz CT molecular complexity index is 705. The first kappa shape index (κ1) is 13.8. The maximum Gasteiger partial charge on any atom is 0.586 e. The van der Waals surface area contributed by atoms with Gasteiger partial charge < -0.3 is 14.5 Å². The van der Waals surface area contributed by atoms with Crippen LogP contribution in [0.2, 0.25) is 0 Å². The van der Waals surface area contributed by atoms with Gasteiger partial charge in [-0.15, -0.1) is 19.0 Å². The Morgan fingerprint density at radius 3 is 2.86 bits per heavy atom. The van der Waals surface area contributed by atoms with Gasteiger partial charge in [-0.1, -0.05) is 11.8 Å². The minimum Gasteiger partial charge on any atom is -0.395 e. The molecule has 1 aliphatic rings. The van der Waals surface area contributed by atoms with Crippen molar-refractivity contribution < 1.29 is 23.0 Å². The molecule has 6 nitrogen and oxygen atoms in total. The summed E-state index contributed by atoms with van der Waals surface area (Å²) in [6.45, 7) is 1.47. The van der Waals surface area contributed by atoms with Crippen LogP contribution in [0.4, 0.5) is 8.78 Å². The molecule has 0 spiro atoms. The number of fused-ring (bicyclic) bond motifs is 1. The smallest absolute Gasteiger partial charge is 0.395 e. The van der Waals surface area contributed by atoms with Gasteiger partial charge in [0.05, 0.1) is 5.75 Å². The summed E-state index contributed by atoms with van der Waals surface area (Å²) in [7, 11) is 0. The number of nitrogens with one attached hydrogen (secondary N) is 1. The zero-order valence-electron chi connectivity index (χ0n) is 10.7. The average molecular weight is 313 g/mol. The lowest BCUT2D eigenvalue weighted by Crippen LogP contribution is -2.25. The molecule has 0 fully saturated rings. The highest BCUT2D eigenvalue weighted by atomic mass is 32.2. The number of carbonyl (C=O) groups excluding carboxylic acids is 1. The van der Waals surface area contributed by atoms with Crippen LogP contribution in [0.5, 0.6) is 11.5 Å². The predicted octanol–water partition coefficient (Wildman–Crippen LogP) is 2.47. The summed E-state index contributed by atoms with van der Waals surface area (Å²) < 4.78 is 34.6. The summed E-state index contributed by atoms with van der Waals surface area (Å²) in [6.07, 6.45) is -3.65. The van der Waals surface area contributed by atoms with Gasteiger partial charge in [0.15, 0.2) is 22.5 Å². The minimum absolute atomic E-state index is 0.0169. The fraction of sp³-hybridized carbons (Fsp3) is 0.250. The fourth-order valence-electron chi connectivity index (χ4n) is 1.71. The molecule has 1 aromatic heterocycles. The van der Waals surface area contributed by atoms with E-state index in [1.54, 1.807) is 6.07 Å². The number of thioether (sulfide) groups is 1. The van der Waals surface area contributed by atoms with Crippen molar-refractivity contribution in [3.8, 4) is 22.9 Å². The molecule has 0 aliphatic carbocycles. The van der Waals surface area contributed by atoms with Crippen LogP contribution in [0.1, 0.15) is 6.92 Å². The van der Waals surface area contributed by atoms with Crippen LogP contribution in [-0.2, 0) is 4.79 Å². The molecule has 1 aromatic carbocycles. The largest absolute Gasteiger partial charge is 0.586 e. The Labute approximate surface area is 121 Å². The second-order valence-electron chi connectivity index (χ2n) is 4.30. The third-order valence-corrected chi connectivity index (χ3v) is 3.56. The van der Waals surface area contributed by atoms with Crippen LogP contribution >= 0.6 is 11.8 Å². The van der Waals surface area contributed by atoms with Crippen molar-refractivity contribution in [2.45, 2.75) is 18.4 Å². The van der Waals surface area contributed by atoms with Gasteiger partial charge in [-0.2, -0.15) is 0 Å². The molecular formula is C12H9F2N3O3S. The second-order valence-corrected chi connectivity index (χ2v) is 5.26. The van der Waals surface area contributed by atoms with E-state index in [0.29, 0.717) is 16.5 Å². The fourth-order valence-corrected chi connectivity index (χ4v) is 2.32. The number of aromatic nitrogens is 3. The summed E-state index contributed by atoms with van der Waals surface area (Å²) in [5.74, 6) is 0.592. The van der Waals surface area contributed by atoms with E-state index in [0.717, 1.165) is 0 Å². The lowest BCUT2D eigenvalue weighted by atomic mass is 10.2. The Balaban J connectivity index is 1.81. The van der Waals surface area contributed by atoms with Gasteiger partial charge in [0.25, 0.3) is 0 Å². The number of Topliss-reactive ketones (excluding diaryl/α,β-unsaturated/α-hetero) is 1. The van der Waals surface area contributed by atoms with Crippen LogP contribution in [0.15, 0.2) is 23.4 Å². The third kappa shape index (κ3) is 2.97. The van der Waals surface area contributed by atoms with Crippen LogP contribution in [-0.4, -0.2) is 33.0 Å². The summed E-state index contributed by atoms with van der Waals surface area (Å²) in [5, 5.41) is 8.25. The van der Waals surface area contributed by atoms with E-state index in [4.69, 9.17) is 0 Å². The number of halogens is 2. The number of hydrogen-bond acceptors (Lipinski definition) is 6. The van der Waals surface area contributed by atoms with Crippen molar-refractivity contribution in [3.05, 3.63) is 18.2 Å². The summed E-state index contributed by atoms with van der Waals surface area (Å²) in [6, 6.07) is 4.32. The lowest BCUT2D eigenvalue weighted by Gasteiger charge is -2.04. The predicted molar refractivity (Wildman–Crippen MR) is 69.4 cm³/mol. The van der Waals surface area contributed by atoms with E-state index in [1.165, 1.54) is 30.8 Å². The molecule has 21 heavy (non-hydrogen) atoms. The zero-order chi connectivity index (χ0) is 15.0. The van der Waals surface area contributed by atoms with E-state index in [1.807, 2.05) is 0 Å². The van der Waals surface area contributed by atoms with Crippen molar-refractivity contribution in [1.82, 2.24) is 15.2 Å². The average Bonchev–Trinajstić information content (AvgIpc) is 2.97. The molecule has 1 aliphatic heterocycles. The van der Waals surface area contributed by atoms with Crippen LogP contribution in [0.3, 0.4) is 0 Å². The molecule has 0 unspecified atom stereocenters. The molecule has 1 N–H and O–H groups in total. The van der Waals surface area contributed by atoms with Gasteiger partial charge in [-0.05, 0) is 25.1 Å². The van der Waals surface area contributed by atoms with Crippen molar-refractivity contribution in [1.29, 1.82) is 0 Å². The highest BCUT2D eigenvalue weighted by Crippen LogP contribution is 2.42. The van der Waals surface area contributed by atoms with E-state index in [9.17, 15) is 13.6 Å². The number of nitrogens with zero attached hydrogens (tertiary/aromatic N) is 2. The van der Waals surface area contributed by atoms with E-state index >= 15 is 0 Å². The molecule has 0 radical (unpaired) electrons. The van der Waals surface area contributed by atoms with Crippen LogP contribution in [0, 0.1) is 0 Å². The number of ketones is 1. The quantitative estimate of drug-likeness (QED) is 0.874. The molecule has 0 saturated carbocycles. The second kappa shape index (κ2) is 4.99. The number of hydrogen-bond donors (Lipinski definition) is 1. The van der Waals surface area contributed by atoms with Gasteiger partial charge in [0.1, 0.15) is 5.78 Å². The first-order valence-electron chi connectivity index (χ1n) is 5.88. The topological polar surface area (TPSA) is 77.1 Å². The molecule has 2 heterocycles. The highest BCUT2D eigenvalue weighted by Gasteiger charge is 2.43. The maximum absolute atomic E-state index is 12.9. The van der Waals surface area contributed by atoms with Crippen LogP contribution in [0.25, 0.3) is 11.4 Å². The summed E-state index contributed by atoms with van der Waals surface area (Å²) >= 11 is 1.21. The zero-order valence-corrected chi connectivity index (χ0v) is 11.5. The Morgan fingerprint density at radius 1 is 1.33 bits per heavy atom. The van der Waals surface area contributed by atoms with Crippen LogP contribution < -0.4 is 9.47 Å². The number of ether oxygens (including phenoxy) is 2. The van der Waals surface area contributed by atoms with Crippen molar-refractivity contribution in [2.24, 2.45) is 0 Å². The lowest BCUT2D eigenvalue weighted by molar-refractivity contribution is -0.286. The Hall–Kier alpha value is -2.16. The van der Waals surface area contributed by atoms with Gasteiger partial charge in [-0.3, -0.25) is 4.79 Å².